The minimum atomic E-state index is -0.183. The van der Waals surface area contributed by atoms with Gasteiger partial charge in [-0.2, -0.15) is 0 Å². The first-order chi connectivity index (χ1) is 5.74. The highest BCUT2D eigenvalue weighted by Crippen LogP contribution is 2.18. The molecule has 64 valence electrons. The normalized spacial score (nSPS) is 10.9. The molecule has 0 atom stereocenters. The van der Waals surface area contributed by atoms with E-state index < -0.39 is 0 Å². The van der Waals surface area contributed by atoms with Crippen molar-refractivity contribution in [2.24, 2.45) is 0 Å². The smallest absolute Gasteiger partial charge is 0.123 e. The van der Waals surface area contributed by atoms with Gasteiger partial charge in [0.05, 0.1) is 0 Å². The molecule has 0 unspecified atom stereocenters. The molecule has 2 heteroatoms. The van der Waals surface area contributed by atoms with E-state index in [0.717, 1.165) is 16.5 Å². The highest BCUT2D eigenvalue weighted by atomic mass is 79.9. The fourth-order valence-corrected chi connectivity index (χ4v) is 1.35. The van der Waals surface area contributed by atoms with Crippen molar-refractivity contribution in [2.45, 2.75) is 13.3 Å². The van der Waals surface area contributed by atoms with Crippen LogP contribution in [0.3, 0.4) is 0 Å². The third kappa shape index (κ3) is 2.45. The van der Waals surface area contributed by atoms with Crippen LogP contribution in [-0.2, 0) is 6.42 Å². The summed E-state index contributed by atoms with van der Waals surface area (Å²) >= 11 is 3.36. The highest BCUT2D eigenvalue weighted by molar-refractivity contribution is 9.10. The van der Waals surface area contributed by atoms with Crippen molar-refractivity contribution in [1.82, 2.24) is 0 Å². The Hall–Kier alpha value is -0.630. The van der Waals surface area contributed by atoms with Crippen molar-refractivity contribution < 1.29 is 4.39 Å². The second-order valence-electron chi connectivity index (χ2n) is 2.51. The zero-order valence-electron chi connectivity index (χ0n) is 6.85. The molecule has 1 aromatic rings. The van der Waals surface area contributed by atoms with Crippen LogP contribution in [0.1, 0.15) is 12.5 Å². The van der Waals surface area contributed by atoms with Crippen LogP contribution in [0, 0.1) is 5.82 Å². The molecule has 0 spiro atoms. The summed E-state index contributed by atoms with van der Waals surface area (Å²) in [6, 6.07) is 4.72. The van der Waals surface area contributed by atoms with Crippen LogP contribution in [0.4, 0.5) is 4.39 Å². The van der Waals surface area contributed by atoms with Gasteiger partial charge in [-0.05, 0) is 37.1 Å². The molecule has 1 rings (SSSR count). The summed E-state index contributed by atoms with van der Waals surface area (Å²) in [5, 5.41) is 0. The number of allylic oxidation sites excluding steroid dienone is 2. The molecule has 0 saturated heterocycles. The van der Waals surface area contributed by atoms with Gasteiger partial charge in [-0.3, -0.25) is 0 Å². The molecule has 0 fully saturated rings. The summed E-state index contributed by atoms with van der Waals surface area (Å²) in [4.78, 5) is 0. The molecule has 0 saturated carbocycles. The lowest BCUT2D eigenvalue weighted by molar-refractivity contribution is 0.625. The van der Waals surface area contributed by atoms with Gasteiger partial charge >= 0.3 is 0 Å². The molecule has 1 aromatic carbocycles. The van der Waals surface area contributed by atoms with Gasteiger partial charge in [-0.1, -0.05) is 28.1 Å². The van der Waals surface area contributed by atoms with Crippen LogP contribution in [0.15, 0.2) is 34.8 Å². The molecule has 0 nitrogen and oxygen atoms in total. The number of rotatable bonds is 2. The first-order valence-corrected chi connectivity index (χ1v) is 4.58. The van der Waals surface area contributed by atoms with E-state index in [1.54, 1.807) is 12.1 Å². The zero-order valence-corrected chi connectivity index (χ0v) is 8.44. The maximum absolute atomic E-state index is 12.7. The van der Waals surface area contributed by atoms with Gasteiger partial charge in [0, 0.05) is 4.47 Å². The number of hydrogen-bond donors (Lipinski definition) is 0. The van der Waals surface area contributed by atoms with E-state index in [1.807, 2.05) is 19.1 Å². The van der Waals surface area contributed by atoms with Crippen LogP contribution in [0.5, 0.6) is 0 Å². The van der Waals surface area contributed by atoms with Gasteiger partial charge < -0.3 is 0 Å². The Bertz CT molecular complexity index is 292. The van der Waals surface area contributed by atoms with Crippen LogP contribution in [0.2, 0.25) is 0 Å². The average Bonchev–Trinajstić information content (AvgIpc) is 2.07. The first kappa shape index (κ1) is 9.46. The van der Waals surface area contributed by atoms with Crippen molar-refractivity contribution >= 4 is 15.9 Å². The van der Waals surface area contributed by atoms with Crippen molar-refractivity contribution in [3.05, 3.63) is 46.2 Å². The Balaban J connectivity index is 2.89. The van der Waals surface area contributed by atoms with Crippen LogP contribution < -0.4 is 0 Å². The number of hydrogen-bond acceptors (Lipinski definition) is 0. The molecule has 0 aromatic heterocycles. The maximum Gasteiger partial charge on any atom is 0.123 e. The zero-order chi connectivity index (χ0) is 8.97. The van der Waals surface area contributed by atoms with E-state index in [-0.39, 0.29) is 5.82 Å². The summed E-state index contributed by atoms with van der Waals surface area (Å²) in [5.74, 6) is -0.183. The molecule has 0 aliphatic carbocycles. The van der Waals surface area contributed by atoms with Gasteiger partial charge in [-0.25, -0.2) is 4.39 Å². The van der Waals surface area contributed by atoms with E-state index >= 15 is 0 Å². The molecule has 0 aliphatic heterocycles. The van der Waals surface area contributed by atoms with E-state index in [2.05, 4.69) is 15.9 Å². The Kier molecular flexibility index (Phi) is 3.48. The van der Waals surface area contributed by atoms with Crippen LogP contribution in [0.25, 0.3) is 0 Å². The van der Waals surface area contributed by atoms with Crippen molar-refractivity contribution in [1.29, 1.82) is 0 Å². The van der Waals surface area contributed by atoms with E-state index in [4.69, 9.17) is 0 Å². The predicted molar refractivity (Wildman–Crippen MR) is 52.6 cm³/mol. The lowest BCUT2D eigenvalue weighted by atomic mass is 10.1. The lowest BCUT2D eigenvalue weighted by Gasteiger charge is -1.99. The molecule has 0 N–H and O–H groups in total. The van der Waals surface area contributed by atoms with E-state index in [1.165, 1.54) is 6.07 Å². The molecule has 0 radical (unpaired) electrons. The van der Waals surface area contributed by atoms with E-state index in [0.29, 0.717) is 0 Å². The third-order valence-corrected chi connectivity index (χ3v) is 2.35. The lowest BCUT2D eigenvalue weighted by Crippen LogP contribution is -1.85. The third-order valence-electron chi connectivity index (χ3n) is 1.58. The van der Waals surface area contributed by atoms with Gasteiger partial charge in [0.15, 0.2) is 0 Å². The predicted octanol–water partition coefficient (Wildman–Crippen LogP) is 3.71. The molecule has 0 aliphatic rings. The Morgan fingerprint density at radius 2 is 2.25 bits per heavy atom. The molecule has 12 heavy (non-hydrogen) atoms. The summed E-state index contributed by atoms with van der Waals surface area (Å²) in [5.41, 5.74) is 0.980. The fraction of sp³-hybridized carbons (Fsp3) is 0.200. The highest BCUT2D eigenvalue weighted by Gasteiger charge is 1.98. The standard InChI is InChI=1S/C10H10BrF/c1-2-3-4-8-7-9(12)5-6-10(8)11/h2-3,5-7H,4H2,1H3/b3-2+. The summed E-state index contributed by atoms with van der Waals surface area (Å²) in [6.07, 6.45) is 4.73. The summed E-state index contributed by atoms with van der Waals surface area (Å²) in [7, 11) is 0. The quantitative estimate of drug-likeness (QED) is 0.678. The van der Waals surface area contributed by atoms with Crippen molar-refractivity contribution in [3.8, 4) is 0 Å². The monoisotopic (exact) mass is 228 g/mol. The van der Waals surface area contributed by atoms with Gasteiger partial charge in [0.1, 0.15) is 5.82 Å². The van der Waals surface area contributed by atoms with Gasteiger partial charge in [-0.15, -0.1) is 0 Å². The first-order valence-electron chi connectivity index (χ1n) is 3.79. The van der Waals surface area contributed by atoms with Crippen LogP contribution in [-0.4, -0.2) is 0 Å². The second kappa shape index (κ2) is 4.41. The SMILES string of the molecule is C/C=C/Cc1cc(F)ccc1Br. The molecule has 0 amide bonds. The maximum atomic E-state index is 12.7. The van der Waals surface area contributed by atoms with Gasteiger partial charge in [0.25, 0.3) is 0 Å². The number of halogens is 2. The minimum Gasteiger partial charge on any atom is -0.207 e. The second-order valence-corrected chi connectivity index (χ2v) is 3.36. The topological polar surface area (TPSA) is 0 Å². The minimum absolute atomic E-state index is 0.183. The Labute approximate surface area is 80.2 Å². The Morgan fingerprint density at radius 3 is 2.92 bits per heavy atom. The van der Waals surface area contributed by atoms with Crippen molar-refractivity contribution in [2.75, 3.05) is 0 Å². The number of benzene rings is 1. The summed E-state index contributed by atoms with van der Waals surface area (Å²) in [6.45, 7) is 1.95. The fourth-order valence-electron chi connectivity index (χ4n) is 0.945. The average molecular weight is 229 g/mol. The molecule has 0 bridgehead atoms. The molecular formula is C10H10BrF. The molecular weight excluding hydrogens is 219 g/mol. The van der Waals surface area contributed by atoms with E-state index in [9.17, 15) is 4.39 Å². The summed E-state index contributed by atoms with van der Waals surface area (Å²) < 4.78 is 13.7. The van der Waals surface area contributed by atoms with Crippen LogP contribution >= 0.6 is 15.9 Å². The van der Waals surface area contributed by atoms with Crippen molar-refractivity contribution in [3.63, 3.8) is 0 Å². The van der Waals surface area contributed by atoms with Gasteiger partial charge in [0.2, 0.25) is 0 Å². The molecule has 0 heterocycles. The Morgan fingerprint density at radius 1 is 1.50 bits per heavy atom. The largest absolute Gasteiger partial charge is 0.207 e.